The van der Waals surface area contributed by atoms with Gasteiger partial charge in [0.2, 0.25) is 5.69 Å². The molecule has 1 heterocycles. The lowest BCUT2D eigenvalue weighted by Crippen LogP contribution is -2.19. The molecule has 0 bridgehead atoms. The van der Waals surface area contributed by atoms with Crippen LogP contribution in [-0.4, -0.2) is 39.4 Å². The minimum Gasteiger partial charge on any atom is -0.461 e. The van der Waals surface area contributed by atoms with Gasteiger partial charge in [0.25, 0.3) is 0 Å². The molecular formula is C15H19ClN4O4. The molecule has 1 aromatic heterocycles. The highest BCUT2D eigenvalue weighted by Crippen LogP contribution is 2.28. The molecule has 24 heavy (non-hydrogen) atoms. The van der Waals surface area contributed by atoms with Crippen molar-refractivity contribution < 1.29 is 14.5 Å². The largest absolute Gasteiger partial charge is 0.461 e. The van der Waals surface area contributed by atoms with Gasteiger partial charge >= 0.3 is 11.7 Å². The first kappa shape index (κ1) is 19.6. The Morgan fingerprint density at radius 3 is 2.79 bits per heavy atom. The number of halogens is 1. The molecule has 0 amide bonds. The number of nitro groups is 1. The number of carbonyl (C=O) groups excluding carboxylic acids is 1. The van der Waals surface area contributed by atoms with Gasteiger partial charge in [-0.15, -0.1) is 11.6 Å². The normalized spacial score (nSPS) is 13.9. The van der Waals surface area contributed by atoms with Gasteiger partial charge in [0.15, 0.2) is 0 Å². The fourth-order valence-corrected chi connectivity index (χ4v) is 2.24. The van der Waals surface area contributed by atoms with Crippen molar-refractivity contribution in [1.29, 1.82) is 0 Å². The average molecular weight is 355 g/mol. The Bertz CT molecular complexity index is 666. The number of aliphatic imine (C=N–C) groups is 1. The molecule has 0 fully saturated rings. The van der Waals surface area contributed by atoms with E-state index in [4.69, 9.17) is 16.3 Å². The van der Waals surface area contributed by atoms with Crippen molar-refractivity contribution in [3.05, 3.63) is 46.4 Å². The van der Waals surface area contributed by atoms with Gasteiger partial charge in [0, 0.05) is 12.1 Å². The summed E-state index contributed by atoms with van der Waals surface area (Å²) in [5.41, 5.74) is -0.195. The third-order valence-electron chi connectivity index (χ3n) is 3.18. The van der Waals surface area contributed by atoms with E-state index in [1.807, 2.05) is 0 Å². The Hall–Kier alpha value is -2.48. The number of ether oxygens (including phenoxy) is 1. The Morgan fingerprint density at radius 2 is 2.33 bits per heavy atom. The summed E-state index contributed by atoms with van der Waals surface area (Å²) in [6.45, 7) is 10.5. The number of aromatic nitrogens is 2. The Morgan fingerprint density at radius 1 is 1.67 bits per heavy atom. The van der Waals surface area contributed by atoms with Crippen molar-refractivity contribution in [3.8, 4) is 0 Å². The molecule has 0 spiro atoms. The first-order valence-electron chi connectivity index (χ1n) is 7.18. The summed E-state index contributed by atoms with van der Waals surface area (Å²) in [6, 6.07) is -0.467. The van der Waals surface area contributed by atoms with Gasteiger partial charge in [0.05, 0.1) is 22.9 Å². The third-order valence-corrected chi connectivity index (χ3v) is 3.47. The number of esters is 1. The summed E-state index contributed by atoms with van der Waals surface area (Å²) in [7, 11) is 0. The maximum absolute atomic E-state index is 11.9. The number of hydrogen-bond acceptors (Lipinski definition) is 6. The second kappa shape index (κ2) is 8.97. The van der Waals surface area contributed by atoms with Crippen molar-refractivity contribution in [1.82, 2.24) is 9.78 Å². The maximum Gasteiger partial charge on any atom is 0.366 e. The summed E-state index contributed by atoms with van der Waals surface area (Å²) in [6.07, 6.45) is 4.70. The smallest absolute Gasteiger partial charge is 0.366 e. The minimum absolute atomic E-state index is 0.0881. The van der Waals surface area contributed by atoms with Crippen LogP contribution in [0, 0.1) is 10.1 Å². The van der Waals surface area contributed by atoms with Crippen LogP contribution in [0.4, 0.5) is 5.69 Å². The molecule has 2 atom stereocenters. The highest BCUT2D eigenvalue weighted by atomic mass is 35.5. The van der Waals surface area contributed by atoms with Crippen LogP contribution in [0.5, 0.6) is 0 Å². The molecular weight excluding hydrogens is 336 g/mol. The number of alkyl halides is 1. The van der Waals surface area contributed by atoms with Gasteiger partial charge in [-0.1, -0.05) is 12.7 Å². The fourth-order valence-electron chi connectivity index (χ4n) is 2.03. The Labute approximate surface area is 144 Å². The summed E-state index contributed by atoms with van der Waals surface area (Å²) in [4.78, 5) is 26.2. The van der Waals surface area contributed by atoms with Gasteiger partial charge < -0.3 is 4.74 Å². The molecule has 1 aromatic rings. The third kappa shape index (κ3) is 4.76. The second-order valence-corrected chi connectivity index (χ2v) is 5.51. The highest BCUT2D eigenvalue weighted by Gasteiger charge is 2.30. The van der Waals surface area contributed by atoms with E-state index in [0.29, 0.717) is 12.1 Å². The highest BCUT2D eigenvalue weighted by molar-refractivity contribution is 6.20. The molecule has 0 aliphatic heterocycles. The molecule has 0 saturated carbocycles. The number of carbonyl (C=O) groups is 1. The molecule has 0 saturated heterocycles. The molecule has 8 nitrogen and oxygen atoms in total. The van der Waals surface area contributed by atoms with E-state index < -0.39 is 28.0 Å². The lowest BCUT2D eigenvalue weighted by molar-refractivity contribution is -0.385. The van der Waals surface area contributed by atoms with E-state index in [1.165, 1.54) is 10.9 Å². The Balaban J connectivity index is 3.29. The molecule has 0 aromatic carbocycles. The van der Waals surface area contributed by atoms with Gasteiger partial charge in [-0.2, -0.15) is 5.10 Å². The van der Waals surface area contributed by atoms with E-state index in [-0.39, 0.29) is 12.3 Å². The van der Waals surface area contributed by atoms with Crippen LogP contribution in [0.25, 0.3) is 0 Å². The number of nitrogens with zero attached hydrogens (tertiary/aromatic N) is 4. The number of rotatable bonds is 9. The van der Waals surface area contributed by atoms with Crippen LogP contribution in [0.1, 0.15) is 36.8 Å². The van der Waals surface area contributed by atoms with Gasteiger partial charge in [-0.05, 0) is 26.6 Å². The van der Waals surface area contributed by atoms with Crippen molar-refractivity contribution >= 4 is 30.0 Å². The summed E-state index contributed by atoms with van der Waals surface area (Å²) in [5.74, 6) is -0.854. The van der Waals surface area contributed by atoms with Crippen LogP contribution >= 0.6 is 11.6 Å². The number of hydrogen-bond donors (Lipinski definition) is 0. The first-order valence-corrected chi connectivity index (χ1v) is 7.62. The minimum atomic E-state index is -0.854. The first-order chi connectivity index (χ1) is 11.3. The average Bonchev–Trinajstić information content (AvgIpc) is 2.96. The van der Waals surface area contributed by atoms with Crippen LogP contribution in [0.2, 0.25) is 0 Å². The van der Waals surface area contributed by atoms with Crippen LogP contribution in [0.3, 0.4) is 0 Å². The fraction of sp³-hybridized carbons (Fsp3) is 0.400. The van der Waals surface area contributed by atoms with Crippen LogP contribution in [-0.2, 0) is 4.74 Å². The zero-order valence-corrected chi connectivity index (χ0v) is 14.3. The molecule has 1 unspecified atom stereocenters. The van der Waals surface area contributed by atoms with Crippen molar-refractivity contribution in [2.75, 3.05) is 6.61 Å². The predicted octanol–water partition coefficient (Wildman–Crippen LogP) is 3.30. The lowest BCUT2D eigenvalue weighted by Gasteiger charge is -2.19. The molecule has 0 aliphatic rings. The van der Waals surface area contributed by atoms with E-state index >= 15 is 0 Å². The topological polar surface area (TPSA) is 99.6 Å². The summed E-state index contributed by atoms with van der Waals surface area (Å²) >= 11 is 6.20. The molecule has 0 radical (unpaired) electrons. The maximum atomic E-state index is 11.9. The van der Waals surface area contributed by atoms with E-state index in [1.54, 1.807) is 26.0 Å². The van der Waals surface area contributed by atoms with Crippen molar-refractivity contribution in [2.45, 2.75) is 31.7 Å². The lowest BCUT2D eigenvalue weighted by atomic mass is 10.1. The van der Waals surface area contributed by atoms with Crippen molar-refractivity contribution in [2.24, 2.45) is 4.99 Å². The second-order valence-electron chi connectivity index (χ2n) is 4.82. The summed E-state index contributed by atoms with van der Waals surface area (Å²) < 4.78 is 6.10. The van der Waals surface area contributed by atoms with Gasteiger partial charge in [-0.25, -0.2) is 4.79 Å². The van der Waals surface area contributed by atoms with E-state index in [9.17, 15) is 14.9 Å². The van der Waals surface area contributed by atoms with Gasteiger partial charge in [0.1, 0.15) is 6.20 Å². The molecule has 0 N–H and O–H groups in total. The monoisotopic (exact) mass is 354 g/mol. The van der Waals surface area contributed by atoms with Crippen LogP contribution in [0.15, 0.2) is 35.6 Å². The van der Waals surface area contributed by atoms with E-state index in [0.717, 1.165) is 0 Å². The molecule has 0 aliphatic carbocycles. The Kier molecular flexibility index (Phi) is 7.31. The SMILES string of the molecule is C=C/C=C(\C[C@H](C(C)Cl)n1cc([N+](=O)[O-])c(C(=O)OCC)n1)N=C. The van der Waals surface area contributed by atoms with Crippen LogP contribution < -0.4 is 0 Å². The van der Waals surface area contributed by atoms with E-state index in [2.05, 4.69) is 23.4 Å². The zero-order chi connectivity index (χ0) is 18.3. The standard InChI is InChI=1S/C15H19ClN4O4/c1-5-7-11(17-4)8-12(10(3)16)19-9-13(20(22)23)14(18-19)15(21)24-6-2/h5,7,9-10,12H,1,4,6,8H2,2-3H3/b11-7+/t10?,12-/m1/s1. The molecule has 9 heteroatoms. The molecule has 130 valence electrons. The summed E-state index contributed by atoms with van der Waals surface area (Å²) in [5, 5.41) is 14.8. The molecule has 1 rings (SSSR count). The van der Waals surface area contributed by atoms with Crippen molar-refractivity contribution in [3.63, 3.8) is 0 Å². The predicted molar refractivity (Wildman–Crippen MR) is 91.6 cm³/mol. The zero-order valence-electron chi connectivity index (χ0n) is 13.5. The number of allylic oxidation sites excluding steroid dienone is 3. The van der Waals surface area contributed by atoms with Gasteiger partial charge in [-0.3, -0.25) is 19.8 Å². The quantitative estimate of drug-likeness (QED) is 0.169.